The molecular formula is C9H4F5IN2O. The summed E-state index contributed by atoms with van der Waals surface area (Å²) in [5.41, 5.74) is -1.14. The lowest BCUT2D eigenvalue weighted by atomic mass is 10.2. The van der Waals surface area contributed by atoms with E-state index < -0.39 is 36.3 Å². The first-order chi connectivity index (χ1) is 8.24. The number of pyridine rings is 1. The summed E-state index contributed by atoms with van der Waals surface area (Å²) in [6.45, 7) is 0. The molecule has 0 saturated heterocycles. The summed E-state index contributed by atoms with van der Waals surface area (Å²) in [7, 11) is 0. The highest BCUT2D eigenvalue weighted by molar-refractivity contribution is 14.1. The zero-order valence-corrected chi connectivity index (χ0v) is 10.6. The monoisotopic (exact) mass is 378 g/mol. The molecule has 98 valence electrons. The molecule has 0 aliphatic heterocycles. The predicted octanol–water partition coefficient (Wildman–Crippen LogP) is 3.59. The first-order valence-electron chi connectivity index (χ1n) is 4.34. The zero-order valence-electron chi connectivity index (χ0n) is 8.43. The van der Waals surface area contributed by atoms with Crippen molar-refractivity contribution in [2.45, 2.75) is 19.2 Å². The van der Waals surface area contributed by atoms with Crippen LogP contribution in [0.1, 0.15) is 17.8 Å². The van der Waals surface area contributed by atoms with Gasteiger partial charge in [0, 0.05) is 3.57 Å². The summed E-state index contributed by atoms with van der Waals surface area (Å²) in [5, 5.41) is 8.43. The van der Waals surface area contributed by atoms with Gasteiger partial charge < -0.3 is 4.74 Å². The Bertz CT molecular complexity index is 483. The molecule has 0 amide bonds. The lowest BCUT2D eigenvalue weighted by Crippen LogP contribution is -2.19. The standard InChI is InChI=1S/C9H4F5IN2O/c10-8(11)7-4(15)3-6(18-9(12,13)14)5(17-7)1-2-16/h3,8H,1H2. The van der Waals surface area contributed by atoms with E-state index in [-0.39, 0.29) is 3.57 Å². The van der Waals surface area contributed by atoms with Crippen molar-refractivity contribution in [1.29, 1.82) is 5.26 Å². The number of hydrogen-bond acceptors (Lipinski definition) is 3. The van der Waals surface area contributed by atoms with Gasteiger partial charge in [-0.15, -0.1) is 13.2 Å². The number of rotatable bonds is 3. The molecule has 9 heteroatoms. The number of aromatic nitrogens is 1. The van der Waals surface area contributed by atoms with Crippen molar-refractivity contribution in [2.75, 3.05) is 0 Å². The highest BCUT2D eigenvalue weighted by Gasteiger charge is 2.33. The molecule has 0 fully saturated rings. The van der Waals surface area contributed by atoms with Crippen LogP contribution in [0.5, 0.6) is 5.75 Å². The zero-order chi connectivity index (χ0) is 13.9. The fourth-order valence-corrected chi connectivity index (χ4v) is 1.73. The van der Waals surface area contributed by atoms with Crippen LogP contribution < -0.4 is 4.74 Å². The number of alkyl halides is 5. The third kappa shape index (κ3) is 3.94. The van der Waals surface area contributed by atoms with E-state index in [2.05, 4.69) is 9.72 Å². The molecule has 3 nitrogen and oxygen atoms in total. The van der Waals surface area contributed by atoms with Crippen molar-refractivity contribution < 1.29 is 26.7 Å². The van der Waals surface area contributed by atoms with E-state index in [1.807, 2.05) is 0 Å². The van der Waals surface area contributed by atoms with Crippen molar-refractivity contribution in [3.63, 3.8) is 0 Å². The van der Waals surface area contributed by atoms with Gasteiger partial charge in [-0.25, -0.2) is 13.8 Å². The minimum Gasteiger partial charge on any atom is -0.404 e. The lowest BCUT2D eigenvalue weighted by Gasteiger charge is -2.13. The molecule has 0 spiro atoms. The van der Waals surface area contributed by atoms with Gasteiger partial charge in [0.25, 0.3) is 6.43 Å². The maximum Gasteiger partial charge on any atom is 0.573 e. The predicted molar refractivity (Wildman–Crippen MR) is 57.9 cm³/mol. The van der Waals surface area contributed by atoms with Crippen LogP contribution in [-0.2, 0) is 6.42 Å². The van der Waals surface area contributed by atoms with E-state index in [0.717, 1.165) is 6.07 Å². The van der Waals surface area contributed by atoms with Crippen molar-refractivity contribution >= 4 is 22.6 Å². The number of nitrogens with zero attached hydrogens (tertiary/aromatic N) is 2. The Morgan fingerprint density at radius 2 is 2.06 bits per heavy atom. The second-order valence-corrected chi connectivity index (χ2v) is 4.15. The number of nitriles is 1. The van der Waals surface area contributed by atoms with Crippen LogP contribution in [0.15, 0.2) is 6.07 Å². The Kier molecular flexibility index (Phi) is 4.66. The van der Waals surface area contributed by atoms with Crippen molar-refractivity contribution in [3.05, 3.63) is 21.0 Å². The summed E-state index contributed by atoms with van der Waals surface area (Å²) in [6, 6.07) is 2.33. The second kappa shape index (κ2) is 5.64. The maximum absolute atomic E-state index is 12.5. The van der Waals surface area contributed by atoms with Crippen molar-refractivity contribution in [3.8, 4) is 11.8 Å². The molecule has 18 heavy (non-hydrogen) atoms. The summed E-state index contributed by atoms with van der Waals surface area (Å²) in [4.78, 5) is 3.34. The van der Waals surface area contributed by atoms with E-state index in [1.165, 1.54) is 28.7 Å². The van der Waals surface area contributed by atoms with Crippen LogP contribution in [-0.4, -0.2) is 11.3 Å². The van der Waals surface area contributed by atoms with Gasteiger partial charge in [0.15, 0.2) is 5.75 Å². The molecule has 0 atom stereocenters. The molecule has 1 aromatic heterocycles. The van der Waals surface area contributed by atoms with Gasteiger partial charge in [0.1, 0.15) is 5.69 Å². The lowest BCUT2D eigenvalue weighted by molar-refractivity contribution is -0.275. The Balaban J connectivity index is 3.25. The maximum atomic E-state index is 12.5. The highest BCUT2D eigenvalue weighted by atomic mass is 127. The molecule has 0 radical (unpaired) electrons. The van der Waals surface area contributed by atoms with Gasteiger partial charge in [-0.3, -0.25) is 0 Å². The quantitative estimate of drug-likeness (QED) is 0.597. The normalized spacial score (nSPS) is 11.4. The molecule has 0 unspecified atom stereocenters. The average Bonchev–Trinajstić information content (AvgIpc) is 2.19. The molecule has 0 saturated carbocycles. The summed E-state index contributed by atoms with van der Waals surface area (Å²) in [6.07, 6.45) is -8.46. The Morgan fingerprint density at radius 1 is 1.44 bits per heavy atom. The van der Waals surface area contributed by atoms with Crippen LogP contribution in [0, 0.1) is 14.9 Å². The first-order valence-corrected chi connectivity index (χ1v) is 5.42. The molecule has 0 N–H and O–H groups in total. The van der Waals surface area contributed by atoms with E-state index in [1.54, 1.807) is 0 Å². The van der Waals surface area contributed by atoms with Crippen LogP contribution >= 0.6 is 22.6 Å². The molecule has 0 aromatic carbocycles. The van der Waals surface area contributed by atoms with Gasteiger partial charge in [-0.2, -0.15) is 5.26 Å². The molecule has 0 aliphatic rings. The third-order valence-electron chi connectivity index (χ3n) is 1.72. The van der Waals surface area contributed by atoms with Gasteiger partial charge in [0.05, 0.1) is 18.2 Å². The fourth-order valence-electron chi connectivity index (χ4n) is 1.09. The van der Waals surface area contributed by atoms with Gasteiger partial charge in [-0.05, 0) is 28.7 Å². The van der Waals surface area contributed by atoms with Gasteiger partial charge >= 0.3 is 6.36 Å². The Hall–Kier alpha value is -1.18. The third-order valence-corrected chi connectivity index (χ3v) is 2.59. The van der Waals surface area contributed by atoms with E-state index in [0.29, 0.717) is 0 Å². The molecular weight excluding hydrogens is 374 g/mol. The first kappa shape index (κ1) is 14.9. The van der Waals surface area contributed by atoms with Crippen LogP contribution in [0.3, 0.4) is 0 Å². The van der Waals surface area contributed by atoms with E-state index >= 15 is 0 Å². The Labute approximate surface area is 112 Å². The SMILES string of the molecule is N#CCc1nc(C(F)F)c(I)cc1OC(F)(F)F. The van der Waals surface area contributed by atoms with Gasteiger partial charge in [-0.1, -0.05) is 0 Å². The minimum absolute atomic E-state index is 0.163. The largest absolute Gasteiger partial charge is 0.573 e. The molecule has 0 aliphatic carbocycles. The molecule has 0 bridgehead atoms. The molecule has 1 heterocycles. The fraction of sp³-hybridized carbons (Fsp3) is 0.333. The van der Waals surface area contributed by atoms with Crippen molar-refractivity contribution in [2.24, 2.45) is 0 Å². The number of halogens is 6. The van der Waals surface area contributed by atoms with Crippen LogP contribution in [0.4, 0.5) is 22.0 Å². The van der Waals surface area contributed by atoms with Crippen LogP contribution in [0.2, 0.25) is 0 Å². The second-order valence-electron chi connectivity index (χ2n) is 2.98. The smallest absolute Gasteiger partial charge is 0.404 e. The Morgan fingerprint density at radius 3 is 2.50 bits per heavy atom. The molecule has 1 rings (SSSR count). The van der Waals surface area contributed by atoms with Gasteiger partial charge in [0.2, 0.25) is 0 Å². The number of ether oxygens (including phenoxy) is 1. The summed E-state index contributed by atoms with van der Waals surface area (Å²) in [5.74, 6) is -0.738. The summed E-state index contributed by atoms with van der Waals surface area (Å²) < 4.78 is 64.7. The molecule has 1 aromatic rings. The average molecular weight is 378 g/mol. The van der Waals surface area contributed by atoms with E-state index in [4.69, 9.17) is 5.26 Å². The van der Waals surface area contributed by atoms with Crippen molar-refractivity contribution in [1.82, 2.24) is 4.98 Å². The highest BCUT2D eigenvalue weighted by Crippen LogP contribution is 2.31. The van der Waals surface area contributed by atoms with E-state index in [9.17, 15) is 22.0 Å². The minimum atomic E-state index is -4.97. The number of hydrogen-bond donors (Lipinski definition) is 0. The summed E-state index contributed by atoms with van der Waals surface area (Å²) >= 11 is 1.43. The van der Waals surface area contributed by atoms with Crippen LogP contribution in [0.25, 0.3) is 0 Å². The topological polar surface area (TPSA) is 45.9 Å².